The topological polar surface area (TPSA) is 46.6 Å². The fraction of sp³-hybridized carbons (Fsp3) is 0.600. The van der Waals surface area contributed by atoms with Crippen molar-refractivity contribution in [2.45, 2.75) is 47.0 Å². The fourth-order valence-corrected chi connectivity index (χ4v) is 2.50. The number of amides is 1. The average molecular weight is 333 g/mol. The van der Waals surface area contributed by atoms with Gasteiger partial charge in [-0.1, -0.05) is 50.6 Å². The van der Waals surface area contributed by atoms with Crippen LogP contribution >= 0.6 is 0 Å². The van der Waals surface area contributed by atoms with Crippen LogP contribution in [-0.4, -0.2) is 37.0 Å². The molecule has 1 aromatic carbocycles. The monoisotopic (exact) mass is 333 g/mol. The summed E-state index contributed by atoms with van der Waals surface area (Å²) in [6.07, 6.45) is 2.13. The van der Waals surface area contributed by atoms with Gasteiger partial charge >= 0.3 is 5.97 Å². The third-order valence-corrected chi connectivity index (χ3v) is 4.18. The number of rotatable bonds is 9. The van der Waals surface area contributed by atoms with E-state index in [0.29, 0.717) is 25.4 Å². The van der Waals surface area contributed by atoms with Crippen molar-refractivity contribution in [3.63, 3.8) is 0 Å². The van der Waals surface area contributed by atoms with Crippen molar-refractivity contribution in [3.8, 4) is 0 Å². The highest BCUT2D eigenvalue weighted by Crippen LogP contribution is 2.11. The normalized spacial score (nSPS) is 12.1. The zero-order valence-corrected chi connectivity index (χ0v) is 15.7. The third kappa shape index (κ3) is 7.16. The Morgan fingerprint density at radius 2 is 1.75 bits per heavy atom. The van der Waals surface area contributed by atoms with Gasteiger partial charge in [0.1, 0.15) is 0 Å². The minimum Gasteiger partial charge on any atom is -0.469 e. The van der Waals surface area contributed by atoms with Gasteiger partial charge in [-0.05, 0) is 31.2 Å². The molecule has 1 amide bonds. The summed E-state index contributed by atoms with van der Waals surface area (Å²) >= 11 is 0. The second-order valence-corrected chi connectivity index (χ2v) is 6.93. The first kappa shape index (κ1) is 20.2. The molecule has 0 bridgehead atoms. The molecule has 134 valence electrons. The largest absolute Gasteiger partial charge is 0.469 e. The van der Waals surface area contributed by atoms with Crippen LogP contribution in [0.25, 0.3) is 0 Å². The predicted octanol–water partition coefficient (Wildman–Crippen LogP) is 3.61. The molecule has 0 radical (unpaired) electrons. The predicted molar refractivity (Wildman–Crippen MR) is 96.7 cm³/mol. The zero-order chi connectivity index (χ0) is 18.1. The van der Waals surface area contributed by atoms with Gasteiger partial charge in [0, 0.05) is 19.5 Å². The molecule has 0 aromatic heterocycles. The van der Waals surface area contributed by atoms with Crippen LogP contribution in [-0.2, 0) is 20.7 Å². The van der Waals surface area contributed by atoms with E-state index in [4.69, 9.17) is 4.74 Å². The zero-order valence-electron chi connectivity index (χ0n) is 15.7. The van der Waals surface area contributed by atoms with Gasteiger partial charge in [0.25, 0.3) is 0 Å². The number of benzene rings is 1. The van der Waals surface area contributed by atoms with Crippen LogP contribution in [0.5, 0.6) is 0 Å². The number of methoxy groups -OCH3 is 1. The number of hydrogen-bond donors (Lipinski definition) is 0. The molecule has 4 nitrogen and oxygen atoms in total. The van der Waals surface area contributed by atoms with Crippen molar-refractivity contribution in [1.29, 1.82) is 0 Å². The summed E-state index contributed by atoms with van der Waals surface area (Å²) in [6.45, 7) is 9.24. The Morgan fingerprint density at radius 3 is 2.29 bits per heavy atom. The van der Waals surface area contributed by atoms with Crippen LogP contribution in [0.15, 0.2) is 24.3 Å². The van der Waals surface area contributed by atoms with E-state index in [1.807, 2.05) is 11.8 Å². The van der Waals surface area contributed by atoms with Gasteiger partial charge in [-0.25, -0.2) is 0 Å². The van der Waals surface area contributed by atoms with Gasteiger partial charge in [0.2, 0.25) is 5.91 Å². The van der Waals surface area contributed by atoms with Crippen molar-refractivity contribution >= 4 is 11.9 Å². The van der Waals surface area contributed by atoms with Crippen molar-refractivity contribution in [3.05, 3.63) is 35.4 Å². The first-order valence-electron chi connectivity index (χ1n) is 8.74. The second-order valence-electron chi connectivity index (χ2n) is 6.93. The molecule has 1 unspecified atom stereocenters. The Morgan fingerprint density at radius 1 is 1.12 bits per heavy atom. The molecular formula is C20H31NO3. The van der Waals surface area contributed by atoms with E-state index >= 15 is 0 Å². The van der Waals surface area contributed by atoms with E-state index in [9.17, 15) is 9.59 Å². The van der Waals surface area contributed by atoms with Gasteiger partial charge in [-0.15, -0.1) is 0 Å². The number of nitrogens with zero attached hydrogens (tertiary/aromatic N) is 1. The summed E-state index contributed by atoms with van der Waals surface area (Å²) in [4.78, 5) is 26.1. The lowest BCUT2D eigenvalue weighted by atomic mass is 10.1. The number of hydrogen-bond acceptors (Lipinski definition) is 3. The molecule has 24 heavy (non-hydrogen) atoms. The maximum Gasteiger partial charge on any atom is 0.310 e. The highest BCUT2D eigenvalue weighted by Gasteiger charge is 2.21. The molecule has 0 aliphatic carbocycles. The van der Waals surface area contributed by atoms with Crippen molar-refractivity contribution in [2.24, 2.45) is 11.8 Å². The minimum absolute atomic E-state index is 0.104. The van der Waals surface area contributed by atoms with Crippen LogP contribution in [0, 0.1) is 18.8 Å². The number of ether oxygens (including phenoxy) is 1. The molecule has 1 rings (SSSR count). The number of esters is 1. The first-order chi connectivity index (χ1) is 11.3. The van der Waals surface area contributed by atoms with E-state index in [1.54, 1.807) is 0 Å². The molecule has 0 spiro atoms. The van der Waals surface area contributed by atoms with Crippen molar-refractivity contribution < 1.29 is 14.3 Å². The van der Waals surface area contributed by atoms with E-state index in [2.05, 4.69) is 45.0 Å². The van der Waals surface area contributed by atoms with Crippen LogP contribution in [0.2, 0.25) is 0 Å². The van der Waals surface area contributed by atoms with Crippen LogP contribution in [0.4, 0.5) is 0 Å². The molecule has 0 aliphatic rings. The number of carbonyl (C=O) groups is 2. The highest BCUT2D eigenvalue weighted by atomic mass is 16.5. The van der Waals surface area contributed by atoms with Gasteiger partial charge in [-0.2, -0.15) is 0 Å². The van der Waals surface area contributed by atoms with E-state index in [0.717, 1.165) is 12.8 Å². The summed E-state index contributed by atoms with van der Waals surface area (Å²) in [5.41, 5.74) is 2.38. The van der Waals surface area contributed by atoms with Crippen molar-refractivity contribution in [2.75, 3.05) is 20.2 Å². The smallest absolute Gasteiger partial charge is 0.310 e. The molecule has 1 aromatic rings. The third-order valence-electron chi connectivity index (χ3n) is 4.18. The quantitative estimate of drug-likeness (QED) is 0.649. The second kappa shape index (κ2) is 10.1. The maximum atomic E-state index is 12.6. The molecule has 1 atom stereocenters. The Bertz CT molecular complexity index is 522. The van der Waals surface area contributed by atoms with Gasteiger partial charge < -0.3 is 9.64 Å². The van der Waals surface area contributed by atoms with Gasteiger partial charge in [0.05, 0.1) is 13.0 Å². The lowest BCUT2D eigenvalue weighted by molar-refractivity contribution is -0.146. The summed E-state index contributed by atoms with van der Waals surface area (Å²) in [5, 5.41) is 0. The molecule has 0 heterocycles. The summed E-state index contributed by atoms with van der Waals surface area (Å²) < 4.78 is 4.78. The van der Waals surface area contributed by atoms with Gasteiger partial charge in [-0.3, -0.25) is 9.59 Å². The number of carbonyl (C=O) groups excluding carboxylic acids is 2. The SMILES string of the molecule is COC(=O)C(C)CN(CCC(C)C)C(=O)CCc1ccc(C)cc1. The maximum absolute atomic E-state index is 12.6. The number of aryl methyl sites for hydroxylation is 2. The van der Waals surface area contributed by atoms with Crippen LogP contribution in [0.3, 0.4) is 0 Å². The Kier molecular flexibility index (Phi) is 8.51. The lowest BCUT2D eigenvalue weighted by Crippen LogP contribution is -2.38. The standard InChI is InChI=1S/C20H31NO3/c1-15(2)12-13-21(14-17(4)20(23)24-5)19(22)11-10-18-8-6-16(3)7-9-18/h6-9,15,17H,10-14H2,1-5H3. The van der Waals surface area contributed by atoms with Crippen LogP contribution in [0.1, 0.15) is 44.7 Å². The summed E-state index contributed by atoms with van der Waals surface area (Å²) in [6, 6.07) is 8.27. The Labute approximate surface area is 146 Å². The molecule has 0 saturated carbocycles. The molecule has 0 fully saturated rings. The molecular weight excluding hydrogens is 302 g/mol. The first-order valence-corrected chi connectivity index (χ1v) is 8.74. The fourth-order valence-electron chi connectivity index (χ4n) is 2.50. The van der Waals surface area contributed by atoms with E-state index < -0.39 is 0 Å². The summed E-state index contributed by atoms with van der Waals surface area (Å²) in [7, 11) is 1.39. The van der Waals surface area contributed by atoms with E-state index in [1.165, 1.54) is 18.2 Å². The van der Waals surface area contributed by atoms with Crippen molar-refractivity contribution in [1.82, 2.24) is 4.90 Å². The summed E-state index contributed by atoms with van der Waals surface area (Å²) in [5.74, 6) is 0.0548. The molecule has 0 N–H and O–H groups in total. The minimum atomic E-state index is -0.300. The molecule has 0 saturated heterocycles. The molecule has 0 aliphatic heterocycles. The molecule has 4 heteroatoms. The average Bonchev–Trinajstić information content (AvgIpc) is 2.56. The van der Waals surface area contributed by atoms with E-state index in [-0.39, 0.29) is 17.8 Å². The van der Waals surface area contributed by atoms with Crippen LogP contribution < -0.4 is 0 Å². The highest BCUT2D eigenvalue weighted by molar-refractivity contribution is 5.78. The Hall–Kier alpha value is -1.84. The van der Waals surface area contributed by atoms with Gasteiger partial charge in [0.15, 0.2) is 0 Å². The Balaban J connectivity index is 2.64. The lowest BCUT2D eigenvalue weighted by Gasteiger charge is -2.26.